The van der Waals surface area contributed by atoms with E-state index in [-0.39, 0.29) is 23.6 Å². The number of ether oxygens (including phenoxy) is 1. The molecule has 0 saturated heterocycles. The SMILES string of the molecule is O=C(O)c1ccccc1CCN1C(=O)C(F)(F)Oc2cc(F)c(-c3c(F)c(F)c(F)c(F)c3F)cc21. The summed E-state index contributed by atoms with van der Waals surface area (Å²) in [6.07, 6.45) is -4.82. The van der Waals surface area contributed by atoms with Crippen LogP contribution in [0.4, 0.5) is 40.8 Å². The summed E-state index contributed by atoms with van der Waals surface area (Å²) in [5, 5.41) is 9.28. The van der Waals surface area contributed by atoms with Crippen molar-refractivity contribution in [1.29, 1.82) is 0 Å². The summed E-state index contributed by atoms with van der Waals surface area (Å²) in [7, 11) is 0. The van der Waals surface area contributed by atoms with E-state index >= 15 is 0 Å². The van der Waals surface area contributed by atoms with Gasteiger partial charge >= 0.3 is 18.0 Å². The summed E-state index contributed by atoms with van der Waals surface area (Å²) in [5.74, 6) is -18.0. The van der Waals surface area contributed by atoms with Gasteiger partial charge in [0, 0.05) is 18.2 Å². The Morgan fingerprint density at radius 1 is 0.917 bits per heavy atom. The number of benzene rings is 3. The first-order valence-electron chi connectivity index (χ1n) is 9.90. The summed E-state index contributed by atoms with van der Waals surface area (Å²) in [6.45, 7) is -0.642. The number of amides is 1. The molecule has 0 aromatic heterocycles. The van der Waals surface area contributed by atoms with Gasteiger partial charge in [0.2, 0.25) is 5.82 Å². The maximum absolute atomic E-state index is 14.7. The number of carboxylic acids is 1. The maximum Gasteiger partial charge on any atom is 0.482 e. The second kappa shape index (κ2) is 8.81. The van der Waals surface area contributed by atoms with E-state index in [1.54, 1.807) is 0 Å². The first-order valence-corrected chi connectivity index (χ1v) is 9.90. The molecule has 0 saturated carbocycles. The van der Waals surface area contributed by atoms with E-state index in [1.165, 1.54) is 24.3 Å². The van der Waals surface area contributed by atoms with Gasteiger partial charge in [0.15, 0.2) is 29.0 Å². The van der Waals surface area contributed by atoms with Crippen LogP contribution in [-0.2, 0) is 11.2 Å². The standard InChI is InChI=1S/C23H11F8NO4/c24-12-8-14-13(7-11(12)15-16(25)18(27)20(29)19(28)17(15)26)32(22(35)23(30,31)36-14)6-5-9-3-1-2-4-10(9)21(33)34/h1-4,7-8H,5-6H2,(H,33,34). The zero-order chi connectivity index (χ0) is 26.5. The van der Waals surface area contributed by atoms with Crippen LogP contribution in [0, 0.1) is 34.9 Å². The van der Waals surface area contributed by atoms with Crippen LogP contribution >= 0.6 is 0 Å². The molecular weight excluding hydrogens is 506 g/mol. The van der Waals surface area contributed by atoms with E-state index in [4.69, 9.17) is 0 Å². The lowest BCUT2D eigenvalue weighted by Gasteiger charge is -2.34. The van der Waals surface area contributed by atoms with Gasteiger partial charge in [-0.05, 0) is 24.1 Å². The fraction of sp³-hybridized carbons (Fsp3) is 0.130. The first-order chi connectivity index (χ1) is 16.8. The quantitative estimate of drug-likeness (QED) is 0.278. The number of rotatable bonds is 5. The van der Waals surface area contributed by atoms with Crippen molar-refractivity contribution in [3.05, 3.63) is 82.4 Å². The average Bonchev–Trinajstić information content (AvgIpc) is 2.82. The number of fused-ring (bicyclic) bond motifs is 1. The number of nitrogens with zero attached hydrogens (tertiary/aromatic N) is 1. The van der Waals surface area contributed by atoms with E-state index in [0.29, 0.717) is 11.0 Å². The van der Waals surface area contributed by atoms with E-state index in [1.807, 2.05) is 0 Å². The van der Waals surface area contributed by atoms with Gasteiger partial charge in [-0.3, -0.25) is 9.69 Å². The Bertz CT molecular complexity index is 1400. The second-order valence-electron chi connectivity index (χ2n) is 7.53. The normalized spacial score (nSPS) is 14.4. The highest BCUT2D eigenvalue weighted by atomic mass is 19.3. The Morgan fingerprint density at radius 3 is 2.11 bits per heavy atom. The number of carbonyl (C=O) groups excluding carboxylic acids is 1. The number of carbonyl (C=O) groups is 2. The Hall–Kier alpha value is -4.16. The molecular formula is C23H11F8NO4. The first kappa shape index (κ1) is 24.9. The summed E-state index contributed by atoms with van der Waals surface area (Å²) >= 11 is 0. The van der Waals surface area contributed by atoms with Crippen LogP contribution in [0.15, 0.2) is 36.4 Å². The molecule has 1 heterocycles. The van der Waals surface area contributed by atoms with Crippen molar-refractivity contribution in [2.75, 3.05) is 11.4 Å². The van der Waals surface area contributed by atoms with Gasteiger partial charge in [-0.2, -0.15) is 8.78 Å². The molecule has 5 nitrogen and oxygen atoms in total. The summed E-state index contributed by atoms with van der Waals surface area (Å²) in [5.41, 5.74) is -3.66. The van der Waals surface area contributed by atoms with E-state index in [2.05, 4.69) is 4.74 Å². The number of hydrogen-bond donors (Lipinski definition) is 1. The average molecular weight is 517 g/mol. The third-order valence-corrected chi connectivity index (χ3v) is 5.40. The van der Waals surface area contributed by atoms with Gasteiger partial charge in [-0.1, -0.05) is 18.2 Å². The minimum atomic E-state index is -4.50. The smallest absolute Gasteiger partial charge is 0.478 e. The molecule has 1 aliphatic rings. The zero-order valence-electron chi connectivity index (χ0n) is 17.5. The van der Waals surface area contributed by atoms with Crippen LogP contribution < -0.4 is 9.64 Å². The number of alkyl halides is 2. The summed E-state index contributed by atoms with van der Waals surface area (Å²) in [4.78, 5) is 24.1. The van der Waals surface area contributed by atoms with Gasteiger partial charge in [-0.25, -0.2) is 31.1 Å². The lowest BCUT2D eigenvalue weighted by Crippen LogP contribution is -2.51. The third-order valence-electron chi connectivity index (χ3n) is 5.40. The van der Waals surface area contributed by atoms with Crippen molar-refractivity contribution in [2.45, 2.75) is 12.5 Å². The third kappa shape index (κ3) is 3.99. The molecule has 1 amide bonds. The monoisotopic (exact) mass is 517 g/mol. The molecule has 0 radical (unpaired) electrons. The predicted octanol–water partition coefficient (Wildman–Crippen LogP) is 5.45. The van der Waals surface area contributed by atoms with Gasteiger partial charge in [0.1, 0.15) is 5.82 Å². The Balaban J connectivity index is 1.85. The number of hydrogen-bond acceptors (Lipinski definition) is 3. The van der Waals surface area contributed by atoms with Crippen LogP contribution in [0.1, 0.15) is 15.9 Å². The fourth-order valence-electron chi connectivity index (χ4n) is 3.72. The Labute approximate surface area is 196 Å². The maximum atomic E-state index is 14.7. The van der Waals surface area contributed by atoms with Crippen LogP contribution in [0.5, 0.6) is 5.75 Å². The highest BCUT2D eigenvalue weighted by Crippen LogP contribution is 2.44. The lowest BCUT2D eigenvalue weighted by molar-refractivity contribution is -0.192. The van der Waals surface area contributed by atoms with Crippen LogP contribution in [0.25, 0.3) is 11.1 Å². The van der Waals surface area contributed by atoms with Crippen molar-refractivity contribution in [2.24, 2.45) is 0 Å². The highest BCUT2D eigenvalue weighted by Gasteiger charge is 2.51. The van der Waals surface area contributed by atoms with Crippen molar-refractivity contribution < 1.29 is 54.6 Å². The summed E-state index contributed by atoms with van der Waals surface area (Å²) in [6, 6.07) is 6.05. The molecule has 4 rings (SSSR count). The molecule has 0 unspecified atom stereocenters. The van der Waals surface area contributed by atoms with Crippen molar-refractivity contribution in [3.8, 4) is 16.9 Å². The van der Waals surface area contributed by atoms with Gasteiger partial charge < -0.3 is 9.84 Å². The topological polar surface area (TPSA) is 66.8 Å². The van der Waals surface area contributed by atoms with Crippen molar-refractivity contribution in [1.82, 2.24) is 0 Å². The molecule has 0 atom stereocenters. The number of halogens is 8. The molecule has 0 bridgehead atoms. The number of anilines is 1. The Morgan fingerprint density at radius 2 is 1.50 bits per heavy atom. The highest BCUT2D eigenvalue weighted by molar-refractivity contribution is 6.01. The van der Waals surface area contributed by atoms with Gasteiger partial charge in [0.25, 0.3) is 0 Å². The molecule has 0 spiro atoms. The van der Waals surface area contributed by atoms with E-state index in [0.717, 1.165) is 0 Å². The van der Waals surface area contributed by atoms with E-state index < -0.39 is 82.0 Å². The molecule has 0 aliphatic carbocycles. The van der Waals surface area contributed by atoms with Crippen molar-refractivity contribution in [3.63, 3.8) is 0 Å². The van der Waals surface area contributed by atoms with Crippen LogP contribution in [0.2, 0.25) is 0 Å². The van der Waals surface area contributed by atoms with Crippen LogP contribution in [0.3, 0.4) is 0 Å². The largest absolute Gasteiger partial charge is 0.482 e. The van der Waals surface area contributed by atoms with Gasteiger partial charge in [-0.15, -0.1) is 0 Å². The lowest BCUT2D eigenvalue weighted by atomic mass is 10.00. The van der Waals surface area contributed by atoms with Crippen LogP contribution in [-0.4, -0.2) is 29.6 Å². The molecule has 188 valence electrons. The van der Waals surface area contributed by atoms with Gasteiger partial charge in [0.05, 0.1) is 16.8 Å². The predicted molar refractivity (Wildman–Crippen MR) is 107 cm³/mol. The molecule has 0 fully saturated rings. The second-order valence-corrected chi connectivity index (χ2v) is 7.53. The Kier molecular flexibility index (Phi) is 6.10. The molecule has 3 aromatic rings. The molecule has 1 aliphatic heterocycles. The fourth-order valence-corrected chi connectivity index (χ4v) is 3.72. The molecule has 3 aromatic carbocycles. The minimum Gasteiger partial charge on any atom is -0.478 e. The molecule has 1 N–H and O–H groups in total. The van der Waals surface area contributed by atoms with Crippen molar-refractivity contribution >= 4 is 17.6 Å². The number of aromatic carboxylic acids is 1. The molecule has 13 heteroatoms. The van der Waals surface area contributed by atoms with E-state index in [9.17, 15) is 49.8 Å². The number of carboxylic acid groups (broad SMARTS) is 1. The summed E-state index contributed by atoms with van der Waals surface area (Å²) < 4.78 is 117. The zero-order valence-corrected chi connectivity index (χ0v) is 17.5. The molecule has 36 heavy (non-hydrogen) atoms. The minimum absolute atomic E-state index is 0.122.